The topological polar surface area (TPSA) is 40.5 Å². The van der Waals surface area contributed by atoms with E-state index in [0.29, 0.717) is 4.47 Å². The van der Waals surface area contributed by atoms with Gasteiger partial charge in [-0.3, -0.25) is 0 Å². The first-order valence-electron chi connectivity index (χ1n) is 3.93. The number of benzene rings is 1. The molecule has 0 heterocycles. The number of halogens is 3. The molecule has 0 aliphatic heterocycles. The number of hydrogen-bond acceptors (Lipinski definition) is 2. The van der Waals surface area contributed by atoms with E-state index in [0.717, 1.165) is 0 Å². The van der Waals surface area contributed by atoms with Crippen LogP contribution in [0.25, 0.3) is 0 Å². The van der Waals surface area contributed by atoms with Crippen molar-refractivity contribution in [1.82, 2.24) is 0 Å². The summed E-state index contributed by atoms with van der Waals surface area (Å²) in [5.74, 6) is -0.527. The van der Waals surface area contributed by atoms with Crippen LogP contribution in [-0.4, -0.2) is 21.6 Å². The van der Waals surface area contributed by atoms with Crippen LogP contribution < -0.4 is 0 Å². The first kappa shape index (κ1) is 12.1. The molecule has 2 nitrogen and oxygen atoms in total. The third kappa shape index (κ3) is 2.76. The van der Waals surface area contributed by atoms with Crippen LogP contribution in [0, 0.1) is 5.82 Å². The molecule has 0 aliphatic rings. The highest BCUT2D eigenvalue weighted by atomic mass is 79.9. The molecule has 2 atom stereocenters. The van der Waals surface area contributed by atoms with Gasteiger partial charge in [0.2, 0.25) is 0 Å². The summed E-state index contributed by atoms with van der Waals surface area (Å²) >= 11 is 6.18. The molecule has 0 aliphatic carbocycles. The molecule has 0 bridgehead atoms. The Morgan fingerprint density at radius 2 is 2.00 bits per heavy atom. The third-order valence-corrected chi connectivity index (χ3v) is 2.96. The van der Waals surface area contributed by atoms with Gasteiger partial charge in [0.15, 0.2) is 0 Å². The van der Waals surface area contributed by atoms with Crippen molar-refractivity contribution < 1.29 is 14.6 Å². The minimum atomic E-state index is -1.22. The van der Waals surface area contributed by atoms with Gasteiger partial charge in [-0.2, -0.15) is 0 Å². The van der Waals surface area contributed by atoms with E-state index in [4.69, 9.17) is 0 Å². The Hall–Kier alpha value is 0.0300. The number of aliphatic hydroxyl groups is 2. The highest BCUT2D eigenvalue weighted by Gasteiger charge is 2.20. The molecule has 0 saturated heterocycles. The lowest BCUT2D eigenvalue weighted by Crippen LogP contribution is -2.20. The fourth-order valence-corrected chi connectivity index (χ4v) is 1.77. The van der Waals surface area contributed by atoms with Gasteiger partial charge in [-0.1, -0.05) is 31.9 Å². The zero-order chi connectivity index (χ0) is 10.7. The molecule has 14 heavy (non-hydrogen) atoms. The van der Waals surface area contributed by atoms with Crippen LogP contribution in [0.5, 0.6) is 0 Å². The highest BCUT2D eigenvalue weighted by molar-refractivity contribution is 9.10. The van der Waals surface area contributed by atoms with Gasteiger partial charge < -0.3 is 10.2 Å². The molecule has 0 amide bonds. The first-order chi connectivity index (χ1) is 6.56. The Balaban J connectivity index is 2.99. The van der Waals surface area contributed by atoms with E-state index in [9.17, 15) is 14.6 Å². The summed E-state index contributed by atoms with van der Waals surface area (Å²) in [7, 11) is 0. The zero-order valence-corrected chi connectivity index (χ0v) is 10.3. The molecule has 1 rings (SSSR count). The zero-order valence-electron chi connectivity index (χ0n) is 7.12. The molecule has 2 unspecified atom stereocenters. The van der Waals surface area contributed by atoms with Crippen molar-refractivity contribution in [3.63, 3.8) is 0 Å². The number of hydrogen-bond donors (Lipinski definition) is 2. The summed E-state index contributed by atoms with van der Waals surface area (Å²) in [6.45, 7) is 0. The van der Waals surface area contributed by atoms with Crippen LogP contribution in [-0.2, 0) is 0 Å². The lowest BCUT2D eigenvalue weighted by Gasteiger charge is -2.16. The average Bonchev–Trinajstić information content (AvgIpc) is 2.19. The largest absolute Gasteiger partial charge is 0.389 e. The second-order valence-electron chi connectivity index (χ2n) is 2.83. The molecule has 78 valence electrons. The van der Waals surface area contributed by atoms with Crippen LogP contribution in [0.4, 0.5) is 4.39 Å². The van der Waals surface area contributed by atoms with Crippen molar-refractivity contribution in [2.45, 2.75) is 12.2 Å². The number of aliphatic hydroxyl groups excluding tert-OH is 2. The molecule has 1 aromatic rings. The molecular formula is C9H9Br2FO2. The summed E-state index contributed by atoms with van der Waals surface area (Å²) in [5, 5.41) is 19.1. The van der Waals surface area contributed by atoms with Crippen LogP contribution in [0.15, 0.2) is 22.7 Å². The van der Waals surface area contributed by atoms with E-state index in [1.165, 1.54) is 18.2 Å². The predicted octanol–water partition coefficient (Wildman–Crippen LogP) is 2.38. The maximum absolute atomic E-state index is 13.2. The Labute approximate surface area is 98.0 Å². The van der Waals surface area contributed by atoms with Crippen molar-refractivity contribution in [3.8, 4) is 0 Å². The summed E-state index contributed by atoms with van der Waals surface area (Å²) in [6.07, 6.45) is -2.23. The van der Waals surface area contributed by atoms with Gasteiger partial charge >= 0.3 is 0 Å². The summed E-state index contributed by atoms with van der Waals surface area (Å²) in [4.78, 5) is 0. The van der Waals surface area contributed by atoms with Gasteiger partial charge in [0, 0.05) is 15.4 Å². The molecule has 0 aromatic heterocycles. The normalized spacial score (nSPS) is 15.2. The molecule has 5 heteroatoms. The second kappa shape index (κ2) is 5.21. The van der Waals surface area contributed by atoms with Crippen molar-refractivity contribution in [1.29, 1.82) is 0 Å². The predicted molar refractivity (Wildman–Crippen MR) is 58.9 cm³/mol. The summed E-state index contributed by atoms with van der Waals surface area (Å²) in [5.41, 5.74) is 0.0892. The Bertz CT molecular complexity index is 320. The lowest BCUT2D eigenvalue weighted by molar-refractivity contribution is 0.0319. The molecule has 0 spiro atoms. The Morgan fingerprint density at radius 1 is 1.36 bits per heavy atom. The van der Waals surface area contributed by atoms with Gasteiger partial charge in [-0.15, -0.1) is 0 Å². The summed E-state index contributed by atoms with van der Waals surface area (Å²) < 4.78 is 13.9. The van der Waals surface area contributed by atoms with E-state index in [1.807, 2.05) is 0 Å². The van der Waals surface area contributed by atoms with Crippen LogP contribution >= 0.6 is 31.9 Å². The minimum absolute atomic E-state index is 0.0892. The van der Waals surface area contributed by atoms with E-state index in [-0.39, 0.29) is 10.9 Å². The molecule has 0 fully saturated rings. The second-order valence-corrected chi connectivity index (χ2v) is 4.40. The number of alkyl halides is 1. The fraction of sp³-hybridized carbons (Fsp3) is 0.333. The van der Waals surface area contributed by atoms with Gasteiger partial charge in [0.25, 0.3) is 0 Å². The average molecular weight is 328 g/mol. The van der Waals surface area contributed by atoms with E-state index >= 15 is 0 Å². The maximum Gasteiger partial charge on any atom is 0.129 e. The monoisotopic (exact) mass is 326 g/mol. The fourth-order valence-electron chi connectivity index (χ4n) is 1.03. The third-order valence-electron chi connectivity index (χ3n) is 1.80. The van der Waals surface area contributed by atoms with Crippen molar-refractivity contribution in [3.05, 3.63) is 34.1 Å². The Kier molecular flexibility index (Phi) is 4.50. The van der Waals surface area contributed by atoms with E-state index in [1.54, 1.807) is 0 Å². The smallest absolute Gasteiger partial charge is 0.129 e. The molecule has 2 N–H and O–H groups in total. The van der Waals surface area contributed by atoms with E-state index in [2.05, 4.69) is 31.9 Å². The molecule has 1 aromatic carbocycles. The summed E-state index contributed by atoms with van der Waals surface area (Å²) in [6, 6.07) is 4.22. The highest BCUT2D eigenvalue weighted by Crippen LogP contribution is 2.24. The number of rotatable bonds is 3. The van der Waals surface area contributed by atoms with Crippen LogP contribution in [0.3, 0.4) is 0 Å². The standard InChI is InChI=1S/C9H9Br2FO2/c10-4-8(13)9(14)6-3-5(11)1-2-7(6)12/h1-3,8-9,13-14H,4H2. The van der Waals surface area contributed by atoms with Gasteiger partial charge in [0.05, 0.1) is 6.10 Å². The van der Waals surface area contributed by atoms with E-state index < -0.39 is 18.0 Å². The SMILES string of the molecule is OC(CBr)C(O)c1cc(Br)ccc1F. The molecule has 0 saturated carbocycles. The maximum atomic E-state index is 13.2. The van der Waals surface area contributed by atoms with Gasteiger partial charge in [-0.25, -0.2) is 4.39 Å². The van der Waals surface area contributed by atoms with Crippen LogP contribution in [0.2, 0.25) is 0 Å². The minimum Gasteiger partial charge on any atom is -0.389 e. The van der Waals surface area contributed by atoms with Gasteiger partial charge in [0.1, 0.15) is 11.9 Å². The van der Waals surface area contributed by atoms with Gasteiger partial charge in [-0.05, 0) is 18.2 Å². The van der Waals surface area contributed by atoms with Crippen molar-refractivity contribution in [2.24, 2.45) is 0 Å². The van der Waals surface area contributed by atoms with Crippen molar-refractivity contribution in [2.75, 3.05) is 5.33 Å². The lowest BCUT2D eigenvalue weighted by atomic mass is 10.1. The quantitative estimate of drug-likeness (QED) is 0.837. The molecule has 0 radical (unpaired) electrons. The first-order valence-corrected chi connectivity index (χ1v) is 5.84. The van der Waals surface area contributed by atoms with Crippen LogP contribution in [0.1, 0.15) is 11.7 Å². The Morgan fingerprint density at radius 3 is 2.57 bits per heavy atom. The van der Waals surface area contributed by atoms with Crippen molar-refractivity contribution >= 4 is 31.9 Å². The molecular weight excluding hydrogens is 319 g/mol.